The average Bonchev–Trinajstić information content (AvgIpc) is 3.09. The normalized spacial score (nSPS) is 11.9. The summed E-state index contributed by atoms with van der Waals surface area (Å²) in [6.45, 7) is 14.2. The van der Waals surface area contributed by atoms with Gasteiger partial charge < -0.3 is 24.6 Å². The van der Waals surface area contributed by atoms with E-state index in [1.165, 1.54) is 6.20 Å². The van der Waals surface area contributed by atoms with Crippen molar-refractivity contribution < 1.29 is 38.5 Å². The number of aliphatic carboxylic acids is 1. The number of hydrogen-bond donors (Lipinski definition) is 3. The van der Waals surface area contributed by atoms with Gasteiger partial charge in [0.1, 0.15) is 11.2 Å². The second-order valence-electron chi connectivity index (χ2n) is 14.5. The van der Waals surface area contributed by atoms with Gasteiger partial charge in [-0.2, -0.15) is 10.2 Å². The highest BCUT2D eigenvalue weighted by Gasteiger charge is 2.34. The maximum atomic E-state index is 13.3. The van der Waals surface area contributed by atoms with E-state index in [0.29, 0.717) is 52.5 Å². The lowest BCUT2D eigenvalue weighted by atomic mass is 9.90. The number of aryl methyl sites for hydroxylation is 2. The number of carbonyl (C=O) groups excluding carboxylic acids is 3. The van der Waals surface area contributed by atoms with E-state index in [1.54, 1.807) is 90.1 Å². The van der Waals surface area contributed by atoms with E-state index in [1.807, 2.05) is 32.0 Å². The van der Waals surface area contributed by atoms with Gasteiger partial charge in [-0.3, -0.25) is 5.32 Å². The van der Waals surface area contributed by atoms with Gasteiger partial charge >= 0.3 is 24.2 Å². The number of pyridine rings is 1. The lowest BCUT2D eigenvalue weighted by Crippen LogP contribution is -2.44. The van der Waals surface area contributed by atoms with Crippen molar-refractivity contribution >= 4 is 52.2 Å². The van der Waals surface area contributed by atoms with Crippen molar-refractivity contribution in [3.8, 4) is 6.07 Å². The van der Waals surface area contributed by atoms with Crippen LogP contribution in [0.1, 0.15) is 89.2 Å². The van der Waals surface area contributed by atoms with E-state index < -0.39 is 41.5 Å². The van der Waals surface area contributed by atoms with Gasteiger partial charge in [0.05, 0.1) is 18.2 Å². The number of benzene rings is 3. The van der Waals surface area contributed by atoms with Gasteiger partial charge in [0.15, 0.2) is 11.9 Å². The van der Waals surface area contributed by atoms with Crippen LogP contribution in [0.3, 0.4) is 0 Å². The summed E-state index contributed by atoms with van der Waals surface area (Å²) in [5.41, 5.74) is 2.93. The van der Waals surface area contributed by atoms with Crippen LogP contribution in [0, 0.1) is 11.3 Å². The summed E-state index contributed by atoms with van der Waals surface area (Å²) in [6.07, 6.45) is 0.549. The fourth-order valence-electron chi connectivity index (χ4n) is 5.76. The monoisotopic (exact) mass is 737 g/mol. The highest BCUT2D eigenvalue weighted by atomic mass is 16.6. The first-order valence-electron chi connectivity index (χ1n) is 17.7. The number of hydrogen-bond acceptors (Lipinski definition) is 10. The van der Waals surface area contributed by atoms with Gasteiger partial charge in [0, 0.05) is 29.4 Å². The fraction of sp³-hybridized carbons (Fsp3) is 0.366. The number of ether oxygens (including phenoxy) is 3. The Labute approximate surface area is 315 Å². The molecule has 284 valence electrons. The van der Waals surface area contributed by atoms with Gasteiger partial charge in [0.25, 0.3) is 0 Å². The zero-order valence-corrected chi connectivity index (χ0v) is 31.9. The van der Waals surface area contributed by atoms with Crippen molar-refractivity contribution in [3.05, 3.63) is 94.7 Å². The number of nitrogens with one attached hydrogen (secondary N) is 2. The molecule has 0 fully saturated rings. The van der Waals surface area contributed by atoms with Crippen LogP contribution < -0.4 is 15.5 Å². The van der Waals surface area contributed by atoms with Crippen LogP contribution in [-0.4, -0.2) is 52.1 Å². The van der Waals surface area contributed by atoms with Crippen LogP contribution in [0.4, 0.5) is 31.6 Å². The second kappa shape index (κ2) is 17.1. The van der Waals surface area contributed by atoms with Crippen molar-refractivity contribution in [2.24, 2.45) is 0 Å². The van der Waals surface area contributed by atoms with Crippen molar-refractivity contribution in [2.45, 2.75) is 91.9 Å². The molecule has 1 heterocycles. The van der Waals surface area contributed by atoms with E-state index in [0.717, 1.165) is 21.6 Å². The molecular weight excluding hydrogens is 690 g/mol. The number of nitriles is 1. The molecule has 0 saturated carbocycles. The summed E-state index contributed by atoms with van der Waals surface area (Å²) >= 11 is 0. The van der Waals surface area contributed by atoms with Crippen molar-refractivity contribution in [3.63, 3.8) is 0 Å². The first-order valence-corrected chi connectivity index (χ1v) is 17.7. The van der Waals surface area contributed by atoms with Gasteiger partial charge in [-0.05, 0) is 124 Å². The molecule has 4 rings (SSSR count). The number of fused-ring (bicyclic) bond motifs is 1. The number of carboxylic acids is 1. The third kappa shape index (κ3) is 10.7. The molecule has 0 spiro atoms. The number of imide groups is 1. The topological polar surface area (TPSA) is 180 Å². The predicted molar refractivity (Wildman–Crippen MR) is 206 cm³/mol. The summed E-state index contributed by atoms with van der Waals surface area (Å²) in [5, 5.41) is 26.3. The number of rotatable bonds is 11. The first-order chi connectivity index (χ1) is 25.4. The average molecular weight is 738 g/mol. The van der Waals surface area contributed by atoms with E-state index in [9.17, 15) is 24.3 Å². The Hall–Kier alpha value is -6.16. The Kier molecular flexibility index (Phi) is 12.9. The Bertz CT molecular complexity index is 2020. The zero-order valence-electron chi connectivity index (χ0n) is 31.9. The smallest absolute Gasteiger partial charge is 0.425 e. The lowest BCUT2D eigenvalue weighted by Gasteiger charge is -2.28. The van der Waals surface area contributed by atoms with Crippen molar-refractivity contribution in [1.29, 1.82) is 5.26 Å². The van der Waals surface area contributed by atoms with Gasteiger partial charge in [0.2, 0.25) is 0 Å². The summed E-state index contributed by atoms with van der Waals surface area (Å²) in [5.74, 6) is -1.09. The minimum absolute atomic E-state index is 0.00256. The van der Waals surface area contributed by atoms with Gasteiger partial charge in [-0.15, -0.1) is 0 Å². The van der Waals surface area contributed by atoms with Crippen LogP contribution in [0.25, 0.3) is 10.8 Å². The van der Waals surface area contributed by atoms with Gasteiger partial charge in [-0.25, -0.2) is 24.2 Å². The van der Waals surface area contributed by atoms with Crippen molar-refractivity contribution in [1.82, 2.24) is 4.98 Å². The van der Waals surface area contributed by atoms with Crippen molar-refractivity contribution in [2.75, 3.05) is 22.1 Å². The van der Waals surface area contributed by atoms with Crippen LogP contribution in [-0.2, 0) is 38.3 Å². The number of amides is 3. The largest absolute Gasteiger partial charge is 0.479 e. The molecule has 54 heavy (non-hydrogen) atoms. The van der Waals surface area contributed by atoms with Crippen LogP contribution in [0.15, 0.2) is 66.9 Å². The van der Waals surface area contributed by atoms with E-state index in [2.05, 4.69) is 15.6 Å². The summed E-state index contributed by atoms with van der Waals surface area (Å²) in [7, 11) is 0. The first kappa shape index (κ1) is 40.6. The Morgan fingerprint density at radius 1 is 0.870 bits per heavy atom. The maximum absolute atomic E-state index is 13.3. The molecule has 0 aliphatic rings. The quantitative estimate of drug-likeness (QED) is 0.125. The maximum Gasteiger partial charge on any atom is 0.425 e. The minimum Gasteiger partial charge on any atom is -0.479 e. The molecule has 1 atom stereocenters. The molecule has 4 aromatic rings. The molecule has 3 aromatic carbocycles. The highest BCUT2D eigenvalue weighted by molar-refractivity contribution is 6.14. The fourth-order valence-corrected chi connectivity index (χ4v) is 5.76. The summed E-state index contributed by atoms with van der Waals surface area (Å²) in [4.78, 5) is 57.0. The molecule has 13 heteroatoms. The predicted octanol–water partition coefficient (Wildman–Crippen LogP) is 8.94. The molecule has 1 unspecified atom stereocenters. The molecule has 3 N–H and O–H groups in total. The number of anilines is 3. The van der Waals surface area contributed by atoms with Crippen LogP contribution in [0.5, 0.6) is 0 Å². The molecule has 1 aromatic heterocycles. The molecule has 3 amide bonds. The summed E-state index contributed by atoms with van der Waals surface area (Å²) in [6, 6.07) is 17.8. The van der Waals surface area contributed by atoms with E-state index in [-0.39, 0.29) is 12.4 Å². The van der Waals surface area contributed by atoms with Gasteiger partial charge in [-0.1, -0.05) is 32.0 Å². The highest BCUT2D eigenvalue weighted by Crippen LogP contribution is 2.32. The second-order valence-corrected chi connectivity index (χ2v) is 14.5. The molecule has 13 nitrogen and oxygen atoms in total. The Balaban J connectivity index is 1.59. The molecule has 0 bridgehead atoms. The van der Waals surface area contributed by atoms with Crippen LogP contribution in [0.2, 0.25) is 0 Å². The Morgan fingerprint density at radius 3 is 2.06 bits per heavy atom. The number of carbonyl (C=O) groups is 4. The third-order valence-electron chi connectivity index (χ3n) is 8.04. The molecule has 0 aliphatic carbocycles. The van der Waals surface area contributed by atoms with Crippen LogP contribution >= 0.6 is 0 Å². The molecule has 0 saturated heterocycles. The Morgan fingerprint density at radius 2 is 1.50 bits per heavy atom. The zero-order chi connectivity index (χ0) is 39.8. The third-order valence-corrected chi connectivity index (χ3v) is 8.04. The SMILES string of the molecule is CCc1cc(C(Nc2ccc3c(N(C(=O)OC(C)(C)C)C(=O)OC(C)(C)C)nccc3c2)C(=O)O)cc(CC)c1CCOC(=O)Nc1cccc(C#N)c1. The van der Waals surface area contributed by atoms with E-state index >= 15 is 0 Å². The number of aromatic nitrogens is 1. The lowest BCUT2D eigenvalue weighted by molar-refractivity contribution is -0.138. The number of nitrogens with zero attached hydrogens (tertiary/aromatic N) is 3. The number of carboxylic acid groups (broad SMARTS) is 1. The molecule has 0 aliphatic heterocycles. The molecule has 0 radical (unpaired) electrons. The minimum atomic E-state index is -1.13. The van der Waals surface area contributed by atoms with E-state index in [4.69, 9.17) is 19.5 Å². The summed E-state index contributed by atoms with van der Waals surface area (Å²) < 4.78 is 16.5. The standard InChI is InChI=1S/C41H47N5O8/c1-9-26-21-29(22-27(10-2)32(26)17-19-52-37(49)45-30-13-11-12-25(20-30)24-42)34(36(47)48)44-31-14-15-33-28(23-31)16-18-43-35(33)46(38(50)53-40(3,4)5)39(51)54-41(6,7)8/h11-16,18,20-23,34,44H,9-10,17,19H2,1-8H3,(H,45,49)(H,47,48). The molecular formula is C41H47N5O8.